The number of hydrogen-bond donors (Lipinski definition) is 1. The Morgan fingerprint density at radius 2 is 1.89 bits per heavy atom. The van der Waals surface area contributed by atoms with Gasteiger partial charge in [-0.3, -0.25) is 5.32 Å². The fraction of sp³-hybridized carbons (Fsp3) is 0.938. The van der Waals surface area contributed by atoms with Crippen LogP contribution in [-0.2, 0) is 4.74 Å². The van der Waals surface area contributed by atoms with E-state index in [0.717, 1.165) is 38.9 Å². The first kappa shape index (κ1) is 16.5. The van der Waals surface area contributed by atoms with Crippen molar-refractivity contribution in [2.24, 2.45) is 5.41 Å². The van der Waals surface area contributed by atoms with Gasteiger partial charge in [-0.2, -0.15) is 5.26 Å². The molecule has 1 N–H and O–H groups in total. The fourth-order valence-corrected chi connectivity index (χ4v) is 2.09. The van der Waals surface area contributed by atoms with Gasteiger partial charge in [0.15, 0.2) is 0 Å². The van der Waals surface area contributed by atoms with Crippen LogP contribution < -0.4 is 5.32 Å². The standard InChI is InChI=1S/C16H30N2O/c1-5-16(13-17,18-14-7-8-14)9-6-11-19-12-10-15(2,3)4/h14,18H,5-12H2,1-4H3. The molecule has 3 nitrogen and oxygen atoms in total. The second-order valence-electron chi connectivity index (χ2n) is 6.99. The largest absolute Gasteiger partial charge is 0.381 e. The summed E-state index contributed by atoms with van der Waals surface area (Å²) in [7, 11) is 0. The Morgan fingerprint density at radius 3 is 2.37 bits per heavy atom. The third-order valence-corrected chi connectivity index (χ3v) is 3.76. The van der Waals surface area contributed by atoms with Gasteiger partial charge in [-0.1, -0.05) is 27.7 Å². The Morgan fingerprint density at radius 1 is 1.21 bits per heavy atom. The molecule has 1 saturated carbocycles. The molecular formula is C16H30N2O. The molecule has 3 heteroatoms. The first-order valence-corrected chi connectivity index (χ1v) is 7.67. The molecule has 0 heterocycles. The van der Waals surface area contributed by atoms with Crippen LogP contribution >= 0.6 is 0 Å². The third kappa shape index (κ3) is 6.94. The second kappa shape index (κ2) is 7.26. The van der Waals surface area contributed by atoms with Gasteiger partial charge in [0.1, 0.15) is 5.54 Å². The zero-order valence-corrected chi connectivity index (χ0v) is 13.1. The second-order valence-corrected chi connectivity index (χ2v) is 6.99. The first-order valence-electron chi connectivity index (χ1n) is 7.67. The summed E-state index contributed by atoms with van der Waals surface area (Å²) in [6, 6.07) is 3.07. The molecular weight excluding hydrogens is 236 g/mol. The van der Waals surface area contributed by atoms with Crippen molar-refractivity contribution in [2.45, 2.75) is 77.8 Å². The minimum Gasteiger partial charge on any atom is -0.381 e. The number of hydrogen-bond acceptors (Lipinski definition) is 3. The van der Waals surface area contributed by atoms with Crippen molar-refractivity contribution in [1.29, 1.82) is 5.26 Å². The molecule has 0 spiro atoms. The lowest BCUT2D eigenvalue weighted by Gasteiger charge is -2.26. The molecule has 1 fully saturated rings. The molecule has 1 aliphatic carbocycles. The quantitative estimate of drug-likeness (QED) is 0.648. The molecule has 0 aromatic heterocycles. The van der Waals surface area contributed by atoms with Crippen LogP contribution in [0.3, 0.4) is 0 Å². The lowest BCUT2D eigenvalue weighted by molar-refractivity contribution is 0.101. The number of rotatable bonds is 9. The maximum atomic E-state index is 9.41. The predicted octanol–water partition coefficient (Wildman–Crippen LogP) is 3.64. The van der Waals surface area contributed by atoms with Crippen molar-refractivity contribution < 1.29 is 4.74 Å². The summed E-state index contributed by atoms with van der Waals surface area (Å²) in [5, 5.41) is 12.9. The van der Waals surface area contributed by atoms with E-state index in [4.69, 9.17) is 4.74 Å². The number of ether oxygens (including phenoxy) is 1. The van der Waals surface area contributed by atoms with Crippen LogP contribution in [0.4, 0.5) is 0 Å². The molecule has 0 bridgehead atoms. The lowest BCUT2D eigenvalue weighted by atomic mass is 9.92. The van der Waals surface area contributed by atoms with Crippen LogP contribution in [0, 0.1) is 16.7 Å². The van der Waals surface area contributed by atoms with E-state index in [1.165, 1.54) is 12.8 Å². The Hall–Kier alpha value is -0.590. The summed E-state index contributed by atoms with van der Waals surface area (Å²) >= 11 is 0. The molecule has 1 atom stereocenters. The highest BCUT2D eigenvalue weighted by atomic mass is 16.5. The van der Waals surface area contributed by atoms with Crippen molar-refractivity contribution in [2.75, 3.05) is 13.2 Å². The zero-order chi connectivity index (χ0) is 14.4. The van der Waals surface area contributed by atoms with Crippen molar-refractivity contribution in [1.82, 2.24) is 5.32 Å². The van der Waals surface area contributed by atoms with Crippen molar-refractivity contribution in [3.05, 3.63) is 0 Å². The monoisotopic (exact) mass is 266 g/mol. The van der Waals surface area contributed by atoms with E-state index in [2.05, 4.69) is 39.1 Å². The van der Waals surface area contributed by atoms with Crippen LogP contribution in [0.25, 0.3) is 0 Å². The fourth-order valence-electron chi connectivity index (χ4n) is 2.09. The molecule has 0 saturated heterocycles. The smallest absolute Gasteiger partial charge is 0.106 e. The van der Waals surface area contributed by atoms with E-state index >= 15 is 0 Å². The van der Waals surface area contributed by atoms with Gasteiger partial charge in [0.25, 0.3) is 0 Å². The predicted molar refractivity (Wildman–Crippen MR) is 78.9 cm³/mol. The topological polar surface area (TPSA) is 45.0 Å². The molecule has 0 aromatic rings. The average Bonchev–Trinajstić information content (AvgIpc) is 3.14. The van der Waals surface area contributed by atoms with Gasteiger partial charge in [-0.05, 0) is 43.9 Å². The van der Waals surface area contributed by atoms with E-state index < -0.39 is 0 Å². The molecule has 1 unspecified atom stereocenters. The van der Waals surface area contributed by atoms with Gasteiger partial charge < -0.3 is 4.74 Å². The molecule has 19 heavy (non-hydrogen) atoms. The van der Waals surface area contributed by atoms with Crippen LogP contribution in [0.15, 0.2) is 0 Å². The lowest BCUT2D eigenvalue weighted by Crippen LogP contribution is -2.44. The Kier molecular flexibility index (Phi) is 6.29. The van der Waals surface area contributed by atoms with Crippen LogP contribution in [-0.4, -0.2) is 24.8 Å². The van der Waals surface area contributed by atoms with Crippen LogP contribution in [0.5, 0.6) is 0 Å². The van der Waals surface area contributed by atoms with E-state index in [1.54, 1.807) is 0 Å². The molecule has 1 aliphatic rings. The van der Waals surface area contributed by atoms with E-state index in [1.807, 2.05) is 0 Å². The minimum atomic E-state index is -0.325. The summed E-state index contributed by atoms with van der Waals surface area (Å²) in [5.74, 6) is 0. The first-order chi connectivity index (χ1) is 8.91. The molecule has 0 aliphatic heterocycles. The van der Waals surface area contributed by atoms with Gasteiger partial charge in [0.2, 0.25) is 0 Å². The third-order valence-electron chi connectivity index (χ3n) is 3.76. The summed E-state index contributed by atoms with van der Waals surface area (Å²) in [4.78, 5) is 0. The molecule has 1 rings (SSSR count). The van der Waals surface area contributed by atoms with Gasteiger partial charge in [-0.25, -0.2) is 0 Å². The molecule has 110 valence electrons. The highest BCUT2D eigenvalue weighted by Gasteiger charge is 2.34. The van der Waals surface area contributed by atoms with E-state index in [-0.39, 0.29) is 5.54 Å². The summed E-state index contributed by atoms with van der Waals surface area (Å²) in [6.07, 6.45) is 6.28. The van der Waals surface area contributed by atoms with Gasteiger partial charge >= 0.3 is 0 Å². The van der Waals surface area contributed by atoms with Gasteiger partial charge in [0, 0.05) is 19.3 Å². The van der Waals surface area contributed by atoms with Crippen molar-refractivity contribution >= 4 is 0 Å². The number of nitriles is 1. The van der Waals surface area contributed by atoms with E-state index in [0.29, 0.717) is 11.5 Å². The SMILES string of the molecule is CCC(C#N)(CCCOCCC(C)(C)C)NC1CC1. The van der Waals surface area contributed by atoms with E-state index in [9.17, 15) is 5.26 Å². The molecule has 0 aromatic carbocycles. The number of nitrogens with zero attached hydrogens (tertiary/aromatic N) is 1. The maximum Gasteiger partial charge on any atom is 0.106 e. The zero-order valence-electron chi connectivity index (χ0n) is 13.1. The average molecular weight is 266 g/mol. The van der Waals surface area contributed by atoms with Crippen LogP contribution in [0.2, 0.25) is 0 Å². The van der Waals surface area contributed by atoms with Crippen LogP contribution in [0.1, 0.15) is 66.2 Å². The highest BCUT2D eigenvalue weighted by molar-refractivity contribution is 5.09. The van der Waals surface area contributed by atoms with Gasteiger partial charge in [0.05, 0.1) is 6.07 Å². The normalized spacial score (nSPS) is 18.9. The highest BCUT2D eigenvalue weighted by Crippen LogP contribution is 2.26. The van der Waals surface area contributed by atoms with Crippen molar-refractivity contribution in [3.63, 3.8) is 0 Å². The maximum absolute atomic E-state index is 9.41. The molecule has 0 radical (unpaired) electrons. The number of nitrogens with one attached hydrogen (secondary N) is 1. The Balaban J connectivity index is 2.16. The summed E-state index contributed by atoms with van der Waals surface area (Å²) < 4.78 is 5.68. The Labute approximate surface area is 118 Å². The minimum absolute atomic E-state index is 0.325. The summed E-state index contributed by atoms with van der Waals surface area (Å²) in [6.45, 7) is 10.4. The summed E-state index contributed by atoms with van der Waals surface area (Å²) in [5.41, 5.74) is 0.0158. The molecule has 0 amide bonds. The Bertz CT molecular complexity index is 299. The van der Waals surface area contributed by atoms with Crippen molar-refractivity contribution in [3.8, 4) is 6.07 Å². The van der Waals surface area contributed by atoms with Gasteiger partial charge in [-0.15, -0.1) is 0 Å².